The number of hydrogen-bond donors (Lipinski definition) is 1. The third-order valence-corrected chi connectivity index (χ3v) is 2.09. The van der Waals surface area contributed by atoms with Crippen molar-refractivity contribution in [2.75, 3.05) is 18.5 Å². The number of likely N-dealkylation sites (N-methyl/N-ethyl adjacent to an activating group) is 1. The summed E-state index contributed by atoms with van der Waals surface area (Å²) < 4.78 is 0. The summed E-state index contributed by atoms with van der Waals surface area (Å²) in [6.45, 7) is 4.16. The van der Waals surface area contributed by atoms with E-state index in [0.29, 0.717) is 11.7 Å². The Bertz CT molecular complexity index is 349. The normalized spacial score (nSPS) is 10.5. The van der Waals surface area contributed by atoms with Gasteiger partial charge < -0.3 is 10.0 Å². The van der Waals surface area contributed by atoms with Gasteiger partial charge in [-0.3, -0.25) is 4.79 Å². The van der Waals surface area contributed by atoms with Crippen LogP contribution in [-0.4, -0.2) is 34.9 Å². The van der Waals surface area contributed by atoms with Crippen LogP contribution in [0.2, 0.25) is 0 Å². The molecule has 0 aliphatic carbocycles. The molecule has 0 spiro atoms. The highest BCUT2D eigenvalue weighted by atomic mass is 16.4. The second kappa shape index (κ2) is 5.44. The van der Waals surface area contributed by atoms with E-state index in [1.165, 1.54) is 0 Å². The van der Waals surface area contributed by atoms with Crippen molar-refractivity contribution in [2.24, 2.45) is 5.92 Å². The number of hydrogen-bond acceptors (Lipinski definition) is 4. The van der Waals surface area contributed by atoms with Crippen molar-refractivity contribution in [3.05, 3.63) is 17.8 Å². The Morgan fingerprint density at radius 1 is 1.44 bits per heavy atom. The predicted octanol–water partition coefficient (Wildman–Crippen LogP) is 1.20. The fourth-order valence-electron chi connectivity index (χ4n) is 1.37. The Morgan fingerprint density at radius 2 is 2.12 bits per heavy atom. The first-order valence-corrected chi connectivity index (χ1v) is 5.24. The van der Waals surface area contributed by atoms with Crippen molar-refractivity contribution in [3.8, 4) is 0 Å². The fraction of sp³-hybridized carbons (Fsp3) is 0.545. The summed E-state index contributed by atoms with van der Waals surface area (Å²) in [5.74, 6) is 0.238. The van der Waals surface area contributed by atoms with E-state index in [2.05, 4.69) is 24.0 Å². The highest BCUT2D eigenvalue weighted by Gasteiger charge is 2.07. The van der Waals surface area contributed by atoms with Gasteiger partial charge in [0.2, 0.25) is 0 Å². The van der Waals surface area contributed by atoms with Crippen molar-refractivity contribution < 1.29 is 9.90 Å². The molecule has 0 atom stereocenters. The third-order valence-electron chi connectivity index (χ3n) is 2.09. The molecule has 16 heavy (non-hydrogen) atoms. The zero-order valence-electron chi connectivity index (χ0n) is 9.84. The van der Waals surface area contributed by atoms with Gasteiger partial charge in [0.05, 0.1) is 5.69 Å². The van der Waals surface area contributed by atoms with Gasteiger partial charge in [0.25, 0.3) is 0 Å². The number of carboxylic acids is 1. The van der Waals surface area contributed by atoms with Gasteiger partial charge in [0.1, 0.15) is 6.54 Å². The average Bonchev–Trinajstić information content (AvgIpc) is 2.16. The molecule has 0 amide bonds. The SMILES string of the molecule is CC(C)Cc1ccc(N(C)CC(=O)O)nn1. The quantitative estimate of drug-likeness (QED) is 0.812. The first-order valence-electron chi connectivity index (χ1n) is 5.24. The first kappa shape index (κ1) is 12.4. The molecule has 0 aliphatic heterocycles. The van der Waals surface area contributed by atoms with E-state index in [1.807, 2.05) is 6.07 Å². The molecule has 0 radical (unpaired) electrons. The fourth-order valence-corrected chi connectivity index (χ4v) is 1.37. The van der Waals surface area contributed by atoms with Crippen LogP contribution in [0.3, 0.4) is 0 Å². The number of anilines is 1. The lowest BCUT2D eigenvalue weighted by molar-refractivity contribution is -0.135. The van der Waals surface area contributed by atoms with Crippen molar-refractivity contribution in [1.29, 1.82) is 0 Å². The van der Waals surface area contributed by atoms with Crippen LogP contribution in [0.15, 0.2) is 12.1 Å². The average molecular weight is 223 g/mol. The van der Waals surface area contributed by atoms with E-state index in [4.69, 9.17) is 5.11 Å². The standard InChI is InChI=1S/C11H17N3O2/c1-8(2)6-9-4-5-10(13-12-9)14(3)7-11(15)16/h4-5,8H,6-7H2,1-3H3,(H,15,16). The van der Waals surface area contributed by atoms with Crippen LogP contribution in [0.25, 0.3) is 0 Å². The smallest absolute Gasteiger partial charge is 0.323 e. The molecule has 5 nitrogen and oxygen atoms in total. The Hall–Kier alpha value is -1.65. The Morgan fingerprint density at radius 3 is 2.56 bits per heavy atom. The molecule has 5 heteroatoms. The van der Waals surface area contributed by atoms with Crippen molar-refractivity contribution in [2.45, 2.75) is 20.3 Å². The maximum absolute atomic E-state index is 10.5. The molecule has 0 aromatic carbocycles. The second-order valence-electron chi connectivity index (χ2n) is 4.23. The highest BCUT2D eigenvalue weighted by Crippen LogP contribution is 2.09. The van der Waals surface area contributed by atoms with Gasteiger partial charge in [-0.2, -0.15) is 5.10 Å². The minimum absolute atomic E-state index is 0.0712. The van der Waals surface area contributed by atoms with E-state index >= 15 is 0 Å². The topological polar surface area (TPSA) is 66.3 Å². The molecule has 0 aliphatic rings. The molecule has 0 fully saturated rings. The number of nitrogens with zero attached hydrogens (tertiary/aromatic N) is 3. The van der Waals surface area contributed by atoms with Gasteiger partial charge in [-0.15, -0.1) is 5.10 Å². The maximum Gasteiger partial charge on any atom is 0.323 e. The molecular weight excluding hydrogens is 206 g/mol. The van der Waals surface area contributed by atoms with E-state index < -0.39 is 5.97 Å². The lowest BCUT2D eigenvalue weighted by atomic mass is 10.1. The van der Waals surface area contributed by atoms with E-state index in [1.54, 1.807) is 18.0 Å². The van der Waals surface area contributed by atoms with Gasteiger partial charge in [-0.25, -0.2) is 0 Å². The molecule has 0 unspecified atom stereocenters. The summed E-state index contributed by atoms with van der Waals surface area (Å²) in [7, 11) is 1.68. The van der Waals surface area contributed by atoms with Crippen LogP contribution in [0.4, 0.5) is 5.82 Å². The molecule has 1 aromatic heterocycles. The number of rotatable bonds is 5. The minimum Gasteiger partial charge on any atom is -0.480 e. The summed E-state index contributed by atoms with van der Waals surface area (Å²) >= 11 is 0. The number of carbonyl (C=O) groups is 1. The van der Waals surface area contributed by atoms with Crippen LogP contribution >= 0.6 is 0 Å². The van der Waals surface area contributed by atoms with E-state index in [-0.39, 0.29) is 6.54 Å². The summed E-state index contributed by atoms with van der Waals surface area (Å²) in [6, 6.07) is 3.69. The van der Waals surface area contributed by atoms with Gasteiger partial charge in [-0.05, 0) is 24.5 Å². The monoisotopic (exact) mass is 223 g/mol. The largest absolute Gasteiger partial charge is 0.480 e. The maximum atomic E-state index is 10.5. The lowest BCUT2D eigenvalue weighted by Gasteiger charge is -2.14. The van der Waals surface area contributed by atoms with Gasteiger partial charge in [0.15, 0.2) is 5.82 Å². The molecule has 1 heterocycles. The van der Waals surface area contributed by atoms with E-state index in [9.17, 15) is 4.79 Å². The van der Waals surface area contributed by atoms with Crippen molar-refractivity contribution in [3.63, 3.8) is 0 Å². The van der Waals surface area contributed by atoms with Crippen LogP contribution in [0.5, 0.6) is 0 Å². The highest BCUT2D eigenvalue weighted by molar-refractivity contribution is 5.72. The molecule has 0 bridgehead atoms. The molecule has 1 rings (SSSR count). The molecule has 0 saturated carbocycles. The van der Waals surface area contributed by atoms with Gasteiger partial charge in [-0.1, -0.05) is 13.8 Å². The second-order valence-corrected chi connectivity index (χ2v) is 4.23. The van der Waals surface area contributed by atoms with Crippen molar-refractivity contribution in [1.82, 2.24) is 10.2 Å². The molecule has 88 valence electrons. The number of carboxylic acid groups (broad SMARTS) is 1. The molecule has 0 saturated heterocycles. The summed E-state index contributed by atoms with van der Waals surface area (Å²) in [5, 5.41) is 16.7. The third kappa shape index (κ3) is 3.84. The first-order chi connectivity index (χ1) is 7.49. The Kier molecular flexibility index (Phi) is 4.22. The van der Waals surface area contributed by atoms with E-state index in [0.717, 1.165) is 12.1 Å². The zero-order chi connectivity index (χ0) is 12.1. The van der Waals surface area contributed by atoms with Gasteiger partial charge in [0, 0.05) is 7.05 Å². The predicted molar refractivity (Wildman–Crippen MR) is 61.5 cm³/mol. The summed E-state index contributed by atoms with van der Waals surface area (Å²) in [5.41, 5.74) is 0.933. The van der Waals surface area contributed by atoms with Crippen molar-refractivity contribution >= 4 is 11.8 Å². The molecule has 1 N–H and O–H groups in total. The number of aliphatic carboxylic acids is 1. The number of aromatic nitrogens is 2. The van der Waals surface area contributed by atoms with Crippen LogP contribution < -0.4 is 4.90 Å². The van der Waals surface area contributed by atoms with Crippen LogP contribution in [-0.2, 0) is 11.2 Å². The minimum atomic E-state index is -0.879. The molecular formula is C11H17N3O2. The van der Waals surface area contributed by atoms with Crippen LogP contribution in [0, 0.1) is 5.92 Å². The Labute approximate surface area is 95.1 Å². The summed E-state index contributed by atoms with van der Waals surface area (Å²) in [6.07, 6.45) is 0.885. The van der Waals surface area contributed by atoms with Crippen LogP contribution in [0.1, 0.15) is 19.5 Å². The zero-order valence-corrected chi connectivity index (χ0v) is 9.84. The molecule has 1 aromatic rings. The summed E-state index contributed by atoms with van der Waals surface area (Å²) in [4.78, 5) is 12.1. The lowest BCUT2D eigenvalue weighted by Crippen LogP contribution is -2.26. The Balaban J connectivity index is 2.66. The van der Waals surface area contributed by atoms with Gasteiger partial charge >= 0.3 is 5.97 Å².